The number of hydrogen-bond donors (Lipinski definition) is 9. The summed E-state index contributed by atoms with van der Waals surface area (Å²) in [5.74, 6) is -5.70. The Morgan fingerprint density at radius 1 is 0.837 bits per heavy atom. The van der Waals surface area contributed by atoms with Gasteiger partial charge in [-0.2, -0.15) is 0 Å². The number of nitrogens with one attached hydrogen (secondary N) is 5. The summed E-state index contributed by atoms with van der Waals surface area (Å²) in [7, 11) is 4.92. The van der Waals surface area contributed by atoms with Crippen LogP contribution in [-0.4, -0.2) is 171 Å². The Morgan fingerprint density at radius 2 is 1.51 bits per heavy atom. The number of methoxy groups -OCH3 is 1. The number of pyridine rings is 1. The molecule has 7 aromatic heterocycles. The molecule has 5 amide bonds. The van der Waals surface area contributed by atoms with Crippen LogP contribution in [0.25, 0.3) is 49.3 Å². The van der Waals surface area contributed by atoms with Crippen molar-refractivity contribution in [3.05, 3.63) is 112 Å². The molecule has 480 valence electrons. The first-order valence-electron chi connectivity index (χ1n) is 28.2. The molecule has 34 heteroatoms. The number of thioether (sulfide) groups is 1. The molecule has 92 heavy (non-hydrogen) atoms. The number of rotatable bonds is 7. The Morgan fingerprint density at radius 3 is 2.23 bits per heavy atom. The van der Waals surface area contributed by atoms with Gasteiger partial charge in [-0.3, -0.25) is 28.8 Å². The molecule has 10 N–H and O–H groups in total. The minimum atomic E-state index is -1.81. The summed E-state index contributed by atoms with van der Waals surface area (Å²) in [6.45, 7) is 5.43. The summed E-state index contributed by atoms with van der Waals surface area (Å²) in [6, 6.07) is 1.78. The Hall–Kier alpha value is -8.00. The zero-order valence-corrected chi connectivity index (χ0v) is 54.5. The lowest BCUT2D eigenvalue weighted by Crippen LogP contribution is -2.62. The second-order valence-electron chi connectivity index (χ2n) is 22.3. The summed E-state index contributed by atoms with van der Waals surface area (Å²) in [4.78, 5) is 134. The molecule has 1 saturated heterocycles. The standard InChI is InChI=1S/C58H57N13O15S6/c1-21(72)37-50(78)69-38(22(2)82-7)53-65-32(19-90-53)49(77)70-42-43-44(86-35-12-58(4,81)45(71(5)6)23(3)85-35)56(79)84-13-24-9-8-10-27-36(24)26(14-83-43)40(60-27)57(80)92-20-33(61-47(75)30-18-91-55(42)66-30)52-62-28(15-88-52)39-25(51-64-31(17-87-51)48(76)68-37)11-34(73)41(67-39)54-63-29(16-89-54)46(59)74/h8-11,15-19,21,23,33,35,37,42-45,60,72-73,81H,12-14,20H2,1-7H3,(H2,59,74)(H,61,75)(H,68,76)(H,69,78)(H,70,77). The molecule has 12 rings (SSSR count). The van der Waals surface area contributed by atoms with E-state index in [1.165, 1.54) is 48.5 Å². The number of hydrogen-bond acceptors (Lipinski definition) is 28. The number of primary amides is 1. The van der Waals surface area contributed by atoms with E-state index in [1.807, 2.05) is 4.90 Å². The van der Waals surface area contributed by atoms with Gasteiger partial charge in [-0.25, -0.2) is 34.7 Å². The highest BCUT2D eigenvalue weighted by atomic mass is 32.2. The molecule has 1 aromatic carbocycles. The molecule has 0 aliphatic carbocycles. The fraction of sp³-hybridized carbons (Fsp3) is 0.362. The van der Waals surface area contributed by atoms with Gasteiger partial charge in [0.05, 0.1) is 49.3 Å². The molecule has 12 bridgehead atoms. The molecule has 0 saturated carbocycles. The van der Waals surface area contributed by atoms with Gasteiger partial charge >= 0.3 is 5.97 Å². The van der Waals surface area contributed by atoms with E-state index in [1.54, 1.807) is 51.5 Å². The number of carbonyl (C=O) groups is 7. The van der Waals surface area contributed by atoms with Crippen molar-refractivity contribution in [3.63, 3.8) is 0 Å². The van der Waals surface area contributed by atoms with Crippen LogP contribution in [0.15, 0.2) is 56.9 Å². The smallest absolute Gasteiger partial charge is 0.338 e. The maximum absolute atomic E-state index is 15.1. The predicted molar refractivity (Wildman–Crippen MR) is 338 cm³/mol. The van der Waals surface area contributed by atoms with Crippen molar-refractivity contribution in [1.29, 1.82) is 0 Å². The number of aliphatic hydroxyl groups excluding tert-OH is 1. The summed E-state index contributed by atoms with van der Waals surface area (Å²) in [5.41, 5.74) is 5.13. The van der Waals surface area contributed by atoms with Gasteiger partial charge in [-0.15, -0.1) is 56.7 Å². The molecule has 10 unspecified atom stereocenters. The van der Waals surface area contributed by atoms with Crippen molar-refractivity contribution in [2.75, 3.05) is 27.0 Å². The van der Waals surface area contributed by atoms with Crippen molar-refractivity contribution < 1.29 is 72.6 Å². The van der Waals surface area contributed by atoms with Crippen LogP contribution in [0.1, 0.15) is 125 Å². The number of fused-ring (bicyclic) bond motifs is 15. The number of benzene rings is 1. The number of nitrogens with zero attached hydrogens (tertiary/aromatic N) is 7. The highest BCUT2D eigenvalue weighted by Crippen LogP contribution is 2.43. The molecule has 8 aromatic rings. The van der Waals surface area contributed by atoms with Gasteiger partial charge in [-0.1, -0.05) is 23.9 Å². The third kappa shape index (κ3) is 12.6. The van der Waals surface area contributed by atoms with Crippen LogP contribution < -0.4 is 27.0 Å². The number of aromatic amines is 1. The summed E-state index contributed by atoms with van der Waals surface area (Å²) >= 11 is 5.73. The summed E-state index contributed by atoms with van der Waals surface area (Å²) in [5, 5.41) is 53.7. The minimum absolute atomic E-state index is 0.0132. The molecular formula is C58H57N13O15S6. The number of allylic oxidation sites excluding steroid dienone is 1. The van der Waals surface area contributed by atoms with E-state index < -0.39 is 113 Å². The quantitative estimate of drug-likeness (QED) is 0.0725. The molecule has 1 fully saturated rings. The average molecular weight is 1370 g/mol. The van der Waals surface area contributed by atoms with Crippen LogP contribution in [0, 0.1) is 0 Å². The first-order valence-corrected chi connectivity index (χ1v) is 33.6. The van der Waals surface area contributed by atoms with Crippen LogP contribution in [0.4, 0.5) is 0 Å². The highest BCUT2D eigenvalue weighted by molar-refractivity contribution is 8.14. The number of esters is 1. The molecule has 0 radical (unpaired) electrons. The second kappa shape index (κ2) is 25.8. The molecule has 11 heterocycles. The second-order valence-corrected chi connectivity index (χ2v) is 27.6. The number of ether oxygens (including phenoxy) is 5. The largest absolute Gasteiger partial charge is 0.506 e. The number of nitrogens with two attached hydrogens (primary N) is 1. The average Bonchev–Trinajstić information content (AvgIpc) is 1.86. The number of amides is 5. The Kier molecular flexibility index (Phi) is 18.0. The van der Waals surface area contributed by atoms with Gasteiger partial charge in [0, 0.05) is 61.1 Å². The normalized spacial score (nSPS) is 25.0. The maximum Gasteiger partial charge on any atom is 0.338 e. The topological polar surface area (TPSA) is 397 Å². The zero-order chi connectivity index (χ0) is 65.2. The number of H-pyrrole nitrogens is 1. The lowest BCUT2D eigenvalue weighted by Gasteiger charge is -2.48. The zero-order valence-electron chi connectivity index (χ0n) is 49.6. The highest BCUT2D eigenvalue weighted by Gasteiger charge is 2.50. The SMILES string of the molecule is COC(C)=C1NC(=O)C(C(C)O)NC(=O)c2csc(n2)-c2cc(O)c(-c3nc(C(N)=O)cs3)nc2-c2csc(n2)C2CSC(=O)c3[nH]c4cccc5c4c3COC(C(OC3CC(C)(O)C(N(C)C)C(C)O3)C(=O)OC5)C(NC(=O)c3csc1n3)c1nc(cs1)C(=O)N2. The van der Waals surface area contributed by atoms with Crippen molar-refractivity contribution in [2.24, 2.45) is 5.73 Å². The molecule has 4 aliphatic rings. The number of carbonyl (C=O) groups excluding carboxylic acids is 7. The molecular weight excluding hydrogens is 1310 g/mol. The van der Waals surface area contributed by atoms with Crippen molar-refractivity contribution in [1.82, 2.24) is 61.1 Å². The van der Waals surface area contributed by atoms with Gasteiger partial charge in [0.1, 0.15) is 107 Å². The first kappa shape index (κ1) is 64.1. The number of aromatic hydroxyl groups is 1. The molecule has 4 aliphatic heterocycles. The van der Waals surface area contributed by atoms with E-state index in [-0.39, 0.29) is 106 Å². The predicted octanol–water partition coefficient (Wildman–Crippen LogP) is 5.27. The number of cyclic esters (lactones) is 1. The lowest BCUT2D eigenvalue weighted by atomic mass is 9.85. The Labute approximate surface area is 546 Å². The van der Waals surface area contributed by atoms with E-state index >= 15 is 14.4 Å². The molecule has 28 nitrogen and oxygen atoms in total. The summed E-state index contributed by atoms with van der Waals surface area (Å²) < 4.78 is 31.8. The maximum atomic E-state index is 15.1. The van der Waals surface area contributed by atoms with Crippen LogP contribution in [-0.2, 0) is 46.5 Å². The van der Waals surface area contributed by atoms with E-state index in [4.69, 9.17) is 44.4 Å². The van der Waals surface area contributed by atoms with Crippen LogP contribution in [0.3, 0.4) is 0 Å². The number of aromatic nitrogens is 7. The van der Waals surface area contributed by atoms with Gasteiger partial charge in [0.25, 0.3) is 23.6 Å². The third-order valence-corrected chi connectivity index (χ3v) is 21.1. The molecule has 10 atom stereocenters. The third-order valence-electron chi connectivity index (χ3n) is 15.6. The summed E-state index contributed by atoms with van der Waals surface area (Å²) in [6.07, 6.45) is -7.09. The molecule has 0 spiro atoms. The van der Waals surface area contributed by atoms with Crippen molar-refractivity contribution >= 4 is 126 Å². The van der Waals surface area contributed by atoms with Gasteiger partial charge in [-0.05, 0) is 59.5 Å². The monoisotopic (exact) mass is 1370 g/mol. The van der Waals surface area contributed by atoms with E-state index in [9.17, 15) is 34.5 Å². The van der Waals surface area contributed by atoms with Crippen molar-refractivity contribution in [3.8, 4) is 38.4 Å². The number of aliphatic hydroxyl groups is 2. The van der Waals surface area contributed by atoms with Crippen LogP contribution in [0.2, 0.25) is 0 Å². The van der Waals surface area contributed by atoms with Crippen molar-refractivity contribution in [2.45, 2.75) is 108 Å². The van der Waals surface area contributed by atoms with E-state index in [2.05, 4.69) is 41.2 Å². The fourth-order valence-corrected chi connectivity index (χ4v) is 16.6. The van der Waals surface area contributed by atoms with Gasteiger partial charge in [0.2, 0.25) is 11.0 Å². The number of thiazole rings is 5. The van der Waals surface area contributed by atoms with Crippen LogP contribution in [0.5, 0.6) is 5.75 Å². The minimum Gasteiger partial charge on any atom is -0.506 e. The Bertz CT molecular complexity index is 4300. The lowest BCUT2D eigenvalue weighted by molar-refractivity contribution is -0.280. The first-order chi connectivity index (χ1) is 43.9. The van der Waals surface area contributed by atoms with Gasteiger partial charge < -0.3 is 75.9 Å². The number of likely N-dealkylation sites (N-methyl/N-ethyl adjacent to an activating group) is 1. The van der Waals surface area contributed by atoms with E-state index in [0.29, 0.717) is 22.0 Å². The van der Waals surface area contributed by atoms with Gasteiger partial charge in [0.15, 0.2) is 12.4 Å². The van der Waals surface area contributed by atoms with E-state index in [0.717, 1.165) is 68.4 Å². The Balaban J connectivity index is 1.04. The van der Waals surface area contributed by atoms with Crippen LogP contribution >= 0.6 is 68.4 Å². The fourth-order valence-electron chi connectivity index (χ4n) is 11.4.